The van der Waals surface area contributed by atoms with Gasteiger partial charge in [-0.1, -0.05) is 24.3 Å². The first-order chi connectivity index (χ1) is 9.58. The zero-order chi connectivity index (χ0) is 14.5. The van der Waals surface area contributed by atoms with E-state index < -0.39 is 9.96 Å². The number of nitrogens with zero attached hydrogens (tertiary/aromatic N) is 3. The number of rotatable bonds is 5. The van der Waals surface area contributed by atoms with E-state index in [4.69, 9.17) is 0 Å². The van der Waals surface area contributed by atoms with E-state index in [9.17, 15) is 20.2 Å². The largest absolute Gasteiger partial charge is 0.271 e. The van der Waals surface area contributed by atoms with Gasteiger partial charge in [0.2, 0.25) is 0 Å². The van der Waals surface area contributed by atoms with Gasteiger partial charge in [-0.25, -0.2) is 15.5 Å². The summed E-state index contributed by atoms with van der Waals surface area (Å²) in [6, 6.07) is 13.6. The van der Waals surface area contributed by atoms with Gasteiger partial charge in [0, 0.05) is 17.3 Å². The molecule has 0 fully saturated rings. The number of nitro groups is 2. The SMILES string of the molecule is O=[N+]([O-])c1cccc(NN(c2ccccc2)[N+](=O)[O-])c1. The van der Waals surface area contributed by atoms with E-state index in [0.29, 0.717) is 10.8 Å². The van der Waals surface area contributed by atoms with Crippen molar-refractivity contribution in [3.05, 3.63) is 74.8 Å². The molecule has 0 heterocycles. The maximum atomic E-state index is 11.1. The molecule has 8 nitrogen and oxygen atoms in total. The number of hydrazine groups is 2. The van der Waals surface area contributed by atoms with Crippen molar-refractivity contribution >= 4 is 17.1 Å². The van der Waals surface area contributed by atoms with E-state index in [1.165, 1.54) is 24.3 Å². The highest BCUT2D eigenvalue weighted by molar-refractivity contribution is 5.56. The summed E-state index contributed by atoms with van der Waals surface area (Å²) >= 11 is 0. The van der Waals surface area contributed by atoms with Gasteiger partial charge < -0.3 is 0 Å². The monoisotopic (exact) mass is 274 g/mol. The Kier molecular flexibility index (Phi) is 3.75. The molecule has 2 rings (SSSR count). The van der Waals surface area contributed by atoms with Crippen LogP contribution in [0.15, 0.2) is 54.6 Å². The molecule has 20 heavy (non-hydrogen) atoms. The summed E-state index contributed by atoms with van der Waals surface area (Å²) in [5.41, 5.74) is 2.93. The van der Waals surface area contributed by atoms with Crippen molar-refractivity contribution < 1.29 is 9.96 Å². The van der Waals surface area contributed by atoms with Gasteiger partial charge in [-0.15, -0.1) is 0 Å². The molecule has 0 saturated heterocycles. The summed E-state index contributed by atoms with van der Waals surface area (Å²) < 4.78 is 0. The zero-order valence-corrected chi connectivity index (χ0v) is 10.2. The topological polar surface area (TPSA) is 102 Å². The van der Waals surface area contributed by atoms with Crippen LogP contribution in [0.3, 0.4) is 0 Å². The summed E-state index contributed by atoms with van der Waals surface area (Å²) in [4.78, 5) is 21.2. The van der Waals surface area contributed by atoms with E-state index in [-0.39, 0.29) is 11.4 Å². The molecule has 2 aromatic rings. The zero-order valence-electron chi connectivity index (χ0n) is 10.2. The fourth-order valence-corrected chi connectivity index (χ4v) is 1.58. The highest BCUT2D eigenvalue weighted by Gasteiger charge is 2.18. The van der Waals surface area contributed by atoms with Gasteiger partial charge in [-0.3, -0.25) is 10.1 Å². The molecule has 0 unspecified atom stereocenters. The second kappa shape index (κ2) is 5.65. The second-order valence-electron chi connectivity index (χ2n) is 3.80. The molecule has 0 aliphatic heterocycles. The average molecular weight is 274 g/mol. The minimum atomic E-state index is -0.645. The minimum Gasteiger partial charge on any atom is -0.258 e. The number of non-ortho nitro benzene ring substituents is 1. The van der Waals surface area contributed by atoms with Gasteiger partial charge in [0.1, 0.15) is 5.69 Å². The lowest BCUT2D eigenvalue weighted by atomic mass is 10.3. The Morgan fingerprint density at radius 1 is 0.950 bits per heavy atom. The minimum absolute atomic E-state index is 0.147. The van der Waals surface area contributed by atoms with Crippen LogP contribution >= 0.6 is 0 Å². The first-order valence-corrected chi connectivity index (χ1v) is 5.58. The molecule has 0 spiro atoms. The number of anilines is 2. The molecule has 0 saturated carbocycles. The Labute approximate surface area is 113 Å². The molecule has 0 atom stereocenters. The third-order valence-electron chi connectivity index (χ3n) is 2.46. The first-order valence-electron chi connectivity index (χ1n) is 5.58. The quantitative estimate of drug-likeness (QED) is 0.664. The van der Waals surface area contributed by atoms with Gasteiger partial charge in [0.05, 0.1) is 10.6 Å². The Hall–Kier alpha value is -3.16. The molecule has 0 aliphatic rings. The van der Waals surface area contributed by atoms with Gasteiger partial charge in [-0.05, 0) is 18.2 Å². The molecule has 0 bridgehead atoms. The predicted molar refractivity (Wildman–Crippen MR) is 72.6 cm³/mol. The van der Waals surface area contributed by atoms with Gasteiger partial charge >= 0.3 is 0 Å². The molecular weight excluding hydrogens is 264 g/mol. The summed E-state index contributed by atoms with van der Waals surface area (Å²) in [6.07, 6.45) is 0. The van der Waals surface area contributed by atoms with Crippen LogP contribution < -0.4 is 10.5 Å². The van der Waals surface area contributed by atoms with Crippen LogP contribution in [-0.2, 0) is 0 Å². The Morgan fingerprint density at radius 3 is 2.25 bits per heavy atom. The lowest BCUT2D eigenvalue weighted by Gasteiger charge is -2.15. The lowest BCUT2D eigenvalue weighted by Crippen LogP contribution is -2.35. The number of hydrogen-bond acceptors (Lipinski definition) is 5. The van der Waals surface area contributed by atoms with E-state index in [2.05, 4.69) is 5.43 Å². The van der Waals surface area contributed by atoms with Crippen LogP contribution in [0.25, 0.3) is 0 Å². The van der Waals surface area contributed by atoms with Crippen LogP contribution in [0.4, 0.5) is 17.1 Å². The Bertz CT molecular complexity index is 632. The van der Waals surface area contributed by atoms with Crippen LogP contribution in [0.5, 0.6) is 0 Å². The smallest absolute Gasteiger partial charge is 0.258 e. The molecule has 8 heteroatoms. The maximum Gasteiger partial charge on any atom is 0.271 e. The normalized spacial score (nSPS) is 9.80. The summed E-state index contributed by atoms with van der Waals surface area (Å²) in [7, 11) is 0. The van der Waals surface area contributed by atoms with Crippen molar-refractivity contribution in [1.82, 2.24) is 0 Å². The highest BCUT2D eigenvalue weighted by Crippen LogP contribution is 2.20. The lowest BCUT2D eigenvalue weighted by molar-refractivity contribution is -0.490. The number of nitrogens with one attached hydrogen (secondary N) is 1. The van der Waals surface area contributed by atoms with Crippen molar-refractivity contribution in [2.45, 2.75) is 0 Å². The van der Waals surface area contributed by atoms with Crippen molar-refractivity contribution in [3.63, 3.8) is 0 Å². The Morgan fingerprint density at radius 2 is 1.65 bits per heavy atom. The first kappa shape index (κ1) is 13.3. The van der Waals surface area contributed by atoms with E-state index >= 15 is 0 Å². The third-order valence-corrected chi connectivity index (χ3v) is 2.46. The second-order valence-corrected chi connectivity index (χ2v) is 3.80. The van der Waals surface area contributed by atoms with Gasteiger partial charge in [0.25, 0.3) is 5.69 Å². The number of nitro benzene ring substituents is 1. The Balaban J connectivity index is 2.27. The molecule has 0 radical (unpaired) electrons. The van der Waals surface area contributed by atoms with Crippen molar-refractivity contribution in [2.75, 3.05) is 10.5 Å². The summed E-state index contributed by atoms with van der Waals surface area (Å²) in [5.74, 6) is 0. The molecule has 1 N–H and O–H groups in total. The van der Waals surface area contributed by atoms with Crippen molar-refractivity contribution in [3.8, 4) is 0 Å². The summed E-state index contributed by atoms with van der Waals surface area (Å²) in [6.45, 7) is 0. The molecule has 0 aliphatic carbocycles. The number of benzene rings is 2. The molecule has 2 aromatic carbocycles. The molecular formula is C12H10N4O4. The highest BCUT2D eigenvalue weighted by atomic mass is 16.7. The molecule has 0 aromatic heterocycles. The van der Waals surface area contributed by atoms with Crippen LogP contribution in [0.1, 0.15) is 0 Å². The van der Waals surface area contributed by atoms with E-state index in [0.717, 1.165) is 0 Å². The average Bonchev–Trinajstić information content (AvgIpc) is 2.45. The number of para-hydroxylation sites is 1. The standard InChI is InChI=1S/C12H10N4O4/c17-15(18)12-8-4-5-10(9-12)13-14(16(19)20)11-6-2-1-3-7-11/h1-9,13H. The number of hydrogen-bond donors (Lipinski definition) is 1. The summed E-state index contributed by atoms with van der Waals surface area (Å²) in [5, 5.41) is 21.8. The maximum absolute atomic E-state index is 11.1. The van der Waals surface area contributed by atoms with Crippen LogP contribution in [0, 0.1) is 20.2 Å². The molecule has 102 valence electrons. The van der Waals surface area contributed by atoms with Crippen LogP contribution in [-0.4, -0.2) is 9.96 Å². The fraction of sp³-hybridized carbons (Fsp3) is 0. The van der Waals surface area contributed by atoms with Crippen LogP contribution in [0.2, 0.25) is 0 Å². The molecule has 0 amide bonds. The van der Waals surface area contributed by atoms with Gasteiger partial charge in [0.15, 0.2) is 5.03 Å². The third kappa shape index (κ3) is 2.99. The van der Waals surface area contributed by atoms with Crippen molar-refractivity contribution in [2.24, 2.45) is 0 Å². The van der Waals surface area contributed by atoms with Crippen molar-refractivity contribution in [1.29, 1.82) is 0 Å². The fourth-order valence-electron chi connectivity index (χ4n) is 1.58. The van der Waals surface area contributed by atoms with E-state index in [1.807, 2.05) is 0 Å². The van der Waals surface area contributed by atoms with Gasteiger partial charge in [-0.2, -0.15) is 0 Å². The predicted octanol–water partition coefficient (Wildman–Crippen LogP) is 2.62. The van der Waals surface area contributed by atoms with E-state index in [1.54, 1.807) is 30.3 Å².